The topological polar surface area (TPSA) is 121 Å². The number of likely N-dealkylation sites (N-methyl/N-ethyl adjacent to an activating group) is 1. The molecule has 1 saturated heterocycles. The Balaban J connectivity index is 1.47. The fraction of sp³-hybridized carbons (Fsp3) is 0.560. The van der Waals surface area contributed by atoms with E-state index in [-0.39, 0.29) is 24.1 Å². The maximum Gasteiger partial charge on any atom is 0.258 e. The fourth-order valence-electron chi connectivity index (χ4n) is 4.67. The van der Waals surface area contributed by atoms with Crippen molar-refractivity contribution in [2.45, 2.75) is 45.6 Å². The molecule has 0 aromatic carbocycles. The number of piperazine rings is 1. The monoisotopic (exact) mass is 530 g/mol. The third-order valence-electron chi connectivity index (χ3n) is 6.55. The van der Waals surface area contributed by atoms with Crippen LogP contribution in [0.1, 0.15) is 36.6 Å². The summed E-state index contributed by atoms with van der Waals surface area (Å²) in [5, 5.41) is 7.12. The van der Waals surface area contributed by atoms with Gasteiger partial charge in [0.25, 0.3) is 6.43 Å². The molecule has 1 aliphatic rings. The van der Waals surface area contributed by atoms with Gasteiger partial charge in [-0.15, -0.1) is 5.10 Å². The minimum atomic E-state index is -2.55. The Labute approximate surface area is 221 Å². The highest BCUT2D eigenvalue weighted by Crippen LogP contribution is 2.23. The van der Waals surface area contributed by atoms with E-state index in [1.54, 1.807) is 10.7 Å². The Hall–Kier alpha value is -3.61. The largest absolute Gasteiger partial charge is 0.380 e. The van der Waals surface area contributed by atoms with E-state index in [1.165, 1.54) is 0 Å². The first kappa shape index (κ1) is 27.4. The number of aromatic nitrogens is 5. The Morgan fingerprint density at radius 2 is 1.92 bits per heavy atom. The number of anilines is 3. The van der Waals surface area contributed by atoms with Gasteiger partial charge in [-0.25, -0.2) is 23.3 Å². The second kappa shape index (κ2) is 11.8. The summed E-state index contributed by atoms with van der Waals surface area (Å²) >= 11 is 0. The first-order valence-corrected chi connectivity index (χ1v) is 12.8. The minimum absolute atomic E-state index is 0.0425. The van der Waals surface area contributed by atoms with Crippen molar-refractivity contribution in [1.82, 2.24) is 34.4 Å². The van der Waals surface area contributed by atoms with E-state index in [0.717, 1.165) is 35.7 Å². The maximum atomic E-state index is 13.4. The lowest BCUT2D eigenvalue weighted by molar-refractivity contribution is -0.132. The minimum Gasteiger partial charge on any atom is -0.380 e. The lowest BCUT2D eigenvalue weighted by Gasteiger charge is -2.36. The lowest BCUT2D eigenvalue weighted by Crippen LogP contribution is -2.51. The highest BCUT2D eigenvalue weighted by atomic mass is 19.3. The second-order valence-corrected chi connectivity index (χ2v) is 9.95. The fourth-order valence-corrected chi connectivity index (χ4v) is 4.67. The van der Waals surface area contributed by atoms with Crippen LogP contribution in [0.15, 0.2) is 18.5 Å². The van der Waals surface area contributed by atoms with Crippen LogP contribution in [0.5, 0.6) is 0 Å². The van der Waals surface area contributed by atoms with Gasteiger partial charge in [0.1, 0.15) is 5.82 Å². The molecule has 4 heterocycles. The molecule has 3 aromatic heterocycles. The lowest BCUT2D eigenvalue weighted by atomic mass is 10.1. The first-order valence-electron chi connectivity index (χ1n) is 12.8. The van der Waals surface area contributed by atoms with Crippen molar-refractivity contribution < 1.29 is 13.6 Å². The zero-order valence-electron chi connectivity index (χ0n) is 22.4. The first-order chi connectivity index (χ1) is 18.2. The molecule has 0 unspecified atom stereocenters. The predicted octanol–water partition coefficient (Wildman–Crippen LogP) is 2.06. The summed E-state index contributed by atoms with van der Waals surface area (Å²) < 4.78 is 28.3. The molecule has 0 aliphatic carbocycles. The van der Waals surface area contributed by atoms with E-state index in [1.807, 2.05) is 43.9 Å². The van der Waals surface area contributed by atoms with Crippen LogP contribution >= 0.6 is 0 Å². The second-order valence-electron chi connectivity index (χ2n) is 9.95. The molecule has 1 aliphatic heterocycles. The summed E-state index contributed by atoms with van der Waals surface area (Å²) in [6.07, 6.45) is 2.30. The van der Waals surface area contributed by atoms with Crippen molar-refractivity contribution in [3.05, 3.63) is 35.3 Å². The van der Waals surface area contributed by atoms with Gasteiger partial charge in [0.05, 0.1) is 24.5 Å². The molecule has 1 amide bonds. The van der Waals surface area contributed by atoms with E-state index < -0.39 is 12.5 Å². The Bertz CT molecular complexity index is 1260. The van der Waals surface area contributed by atoms with Crippen LogP contribution in [0.3, 0.4) is 0 Å². The smallest absolute Gasteiger partial charge is 0.258 e. The normalized spacial score (nSPS) is 15.1. The molecular formula is C25H36F2N10O. The van der Waals surface area contributed by atoms with Gasteiger partial charge in [-0.1, -0.05) is 19.4 Å². The van der Waals surface area contributed by atoms with E-state index in [4.69, 9.17) is 10.7 Å². The van der Waals surface area contributed by atoms with Gasteiger partial charge in [-0.05, 0) is 38.6 Å². The summed E-state index contributed by atoms with van der Waals surface area (Å²) in [5.74, 6) is 1.20. The molecule has 1 fully saturated rings. The number of aryl methyl sites for hydroxylation is 1. The van der Waals surface area contributed by atoms with E-state index >= 15 is 0 Å². The quantitative estimate of drug-likeness (QED) is 0.406. The zero-order valence-corrected chi connectivity index (χ0v) is 22.4. The number of carbonyl (C=O) groups excluding carboxylic acids is 1. The third-order valence-corrected chi connectivity index (χ3v) is 6.55. The molecule has 0 bridgehead atoms. The molecule has 13 heteroatoms. The van der Waals surface area contributed by atoms with E-state index in [2.05, 4.69) is 31.3 Å². The van der Waals surface area contributed by atoms with E-state index in [9.17, 15) is 13.6 Å². The van der Waals surface area contributed by atoms with Crippen LogP contribution in [0.25, 0.3) is 5.65 Å². The van der Waals surface area contributed by atoms with Crippen LogP contribution in [0, 0.1) is 6.92 Å². The number of hydrogen-bond acceptors (Lipinski definition) is 9. The van der Waals surface area contributed by atoms with Crippen LogP contribution in [-0.2, 0) is 11.2 Å². The number of nitrogen functional groups attached to an aromatic ring is 1. The number of amides is 1. The Kier molecular flexibility index (Phi) is 8.55. The van der Waals surface area contributed by atoms with Crippen molar-refractivity contribution in [3.63, 3.8) is 0 Å². The summed E-state index contributed by atoms with van der Waals surface area (Å²) in [4.78, 5) is 31.5. The van der Waals surface area contributed by atoms with Gasteiger partial charge in [0.15, 0.2) is 11.5 Å². The van der Waals surface area contributed by atoms with Crippen molar-refractivity contribution >= 4 is 29.1 Å². The van der Waals surface area contributed by atoms with Crippen LogP contribution in [0.4, 0.5) is 26.4 Å². The summed E-state index contributed by atoms with van der Waals surface area (Å²) in [6.45, 7) is 7.06. The highest BCUT2D eigenvalue weighted by molar-refractivity contribution is 5.78. The summed E-state index contributed by atoms with van der Waals surface area (Å²) in [6, 6.07) is 1.01. The van der Waals surface area contributed by atoms with Crippen molar-refractivity contribution in [1.29, 1.82) is 0 Å². The van der Waals surface area contributed by atoms with Gasteiger partial charge in [0.2, 0.25) is 11.9 Å². The number of pyridine rings is 1. The number of fused-ring (bicyclic) bond motifs is 1. The summed E-state index contributed by atoms with van der Waals surface area (Å²) in [7, 11) is 3.79. The number of alkyl halides is 2. The molecule has 1 atom stereocenters. The number of nitrogens with two attached hydrogens (primary N) is 1. The Morgan fingerprint density at radius 3 is 2.55 bits per heavy atom. The number of rotatable bonds is 10. The molecule has 38 heavy (non-hydrogen) atoms. The number of imidazole rings is 1. The van der Waals surface area contributed by atoms with Gasteiger partial charge in [-0.3, -0.25) is 4.79 Å². The molecule has 11 nitrogen and oxygen atoms in total. The van der Waals surface area contributed by atoms with E-state index in [0.29, 0.717) is 38.1 Å². The molecular weight excluding hydrogens is 494 g/mol. The third kappa shape index (κ3) is 6.26. The zero-order chi connectivity index (χ0) is 27.4. The number of nitrogens with one attached hydrogen (secondary N) is 1. The van der Waals surface area contributed by atoms with Gasteiger partial charge < -0.3 is 25.8 Å². The maximum absolute atomic E-state index is 13.4. The standard InChI is InChI=1S/C25H36F2N10O/c1-5-6-19(21(26)27)31-25-32-22(28)24-30-14-18(37(24)33-25)12-17-11-16(2)23(29-13-17)36-9-7-35(8-10-36)20(38)15-34(3)4/h11,13-14,19,21H,5-10,12,15H2,1-4H3,(H3,28,31,32,33)/t19-/m0/s1. The number of halogens is 2. The molecule has 0 saturated carbocycles. The Morgan fingerprint density at radius 1 is 1.18 bits per heavy atom. The number of carbonyl (C=O) groups is 1. The average molecular weight is 531 g/mol. The van der Waals surface area contributed by atoms with Gasteiger partial charge in [-0.2, -0.15) is 4.98 Å². The molecule has 206 valence electrons. The number of nitrogens with zero attached hydrogens (tertiary/aromatic N) is 8. The van der Waals surface area contributed by atoms with Crippen LogP contribution in [-0.4, -0.2) is 99.6 Å². The van der Waals surface area contributed by atoms with Gasteiger partial charge in [0, 0.05) is 38.8 Å². The molecule has 3 aromatic rings. The van der Waals surface area contributed by atoms with Crippen molar-refractivity contribution in [2.24, 2.45) is 0 Å². The molecule has 3 N–H and O–H groups in total. The molecule has 4 rings (SSSR count). The SMILES string of the molecule is CCC[C@H](Nc1nc(N)c2ncc(Cc3cnc(N4CCN(C(=O)CN(C)C)CC4)c(C)c3)n2n1)C(F)F. The van der Waals surface area contributed by atoms with Gasteiger partial charge >= 0.3 is 0 Å². The summed E-state index contributed by atoms with van der Waals surface area (Å²) in [5.41, 5.74) is 9.16. The average Bonchev–Trinajstić information content (AvgIpc) is 3.26. The number of hydrogen-bond donors (Lipinski definition) is 2. The molecule has 0 radical (unpaired) electrons. The van der Waals surface area contributed by atoms with Crippen molar-refractivity contribution in [2.75, 3.05) is 62.8 Å². The molecule has 0 spiro atoms. The van der Waals surface area contributed by atoms with Crippen LogP contribution in [0.2, 0.25) is 0 Å². The van der Waals surface area contributed by atoms with Crippen molar-refractivity contribution in [3.8, 4) is 0 Å². The predicted molar refractivity (Wildman–Crippen MR) is 143 cm³/mol. The van der Waals surface area contributed by atoms with Crippen LogP contribution < -0.4 is 16.0 Å². The highest BCUT2D eigenvalue weighted by Gasteiger charge is 2.24.